The number of hydrogen-bond donors (Lipinski definition) is 2. The smallest absolute Gasteiger partial charge is 0.420 e. The molecule has 0 amide bonds. The van der Waals surface area contributed by atoms with Crippen molar-refractivity contribution in [2.24, 2.45) is 0 Å². The van der Waals surface area contributed by atoms with Crippen molar-refractivity contribution in [1.82, 2.24) is 14.9 Å². The predicted molar refractivity (Wildman–Crippen MR) is 143 cm³/mol. The van der Waals surface area contributed by atoms with Gasteiger partial charge in [0.1, 0.15) is 10.6 Å². The lowest BCUT2D eigenvalue weighted by Crippen LogP contribution is -2.29. The summed E-state index contributed by atoms with van der Waals surface area (Å²) in [5.41, 5.74) is 1.31. The lowest BCUT2D eigenvalue weighted by molar-refractivity contribution is -0.196. The van der Waals surface area contributed by atoms with E-state index in [0.717, 1.165) is 35.7 Å². The van der Waals surface area contributed by atoms with E-state index in [1.165, 1.54) is 18.2 Å². The molecule has 1 atom stereocenters. The highest BCUT2D eigenvalue weighted by Crippen LogP contribution is 2.39. The summed E-state index contributed by atoms with van der Waals surface area (Å²) < 4.78 is 72.4. The second-order valence-corrected chi connectivity index (χ2v) is 10.4. The van der Waals surface area contributed by atoms with Crippen molar-refractivity contribution < 1.29 is 30.9 Å². The van der Waals surface area contributed by atoms with Gasteiger partial charge in [-0.15, -0.1) is 0 Å². The fourth-order valence-corrected chi connectivity index (χ4v) is 5.19. The molecule has 0 bridgehead atoms. The third-order valence-electron chi connectivity index (χ3n) is 5.84. The van der Waals surface area contributed by atoms with Crippen molar-refractivity contribution in [2.45, 2.75) is 30.3 Å². The second-order valence-electron chi connectivity index (χ2n) is 8.84. The van der Waals surface area contributed by atoms with Crippen molar-refractivity contribution in [3.05, 3.63) is 114 Å². The number of rotatable bonds is 12. The monoisotopic (exact) mass is 572 g/mol. The molecule has 2 aromatic heterocycles. The second kappa shape index (κ2) is 12.9. The maximum Gasteiger partial charge on any atom is 0.420 e. The zero-order valence-electron chi connectivity index (χ0n) is 21.2. The fourth-order valence-electron chi connectivity index (χ4n) is 3.96. The summed E-state index contributed by atoms with van der Waals surface area (Å²) in [6.07, 6.45) is -4.39. The highest BCUT2D eigenvalue weighted by Gasteiger charge is 2.45. The molecule has 2 N–H and O–H groups in total. The van der Waals surface area contributed by atoms with Gasteiger partial charge in [0.25, 0.3) is 10.1 Å². The van der Waals surface area contributed by atoms with Gasteiger partial charge in [-0.3, -0.25) is 14.9 Å². The Bertz CT molecular complexity index is 1430. The van der Waals surface area contributed by atoms with E-state index in [1.807, 2.05) is 36.4 Å². The third kappa shape index (κ3) is 8.01. The molecule has 1 unspecified atom stereocenters. The van der Waals surface area contributed by atoms with Gasteiger partial charge in [0.15, 0.2) is 6.10 Å². The van der Waals surface area contributed by atoms with Gasteiger partial charge in [-0.1, -0.05) is 36.4 Å². The highest BCUT2D eigenvalue weighted by atomic mass is 32.2. The Morgan fingerprint density at radius 2 is 1.43 bits per heavy atom. The molecule has 4 rings (SSSR count). The molecule has 2 aromatic carbocycles. The zero-order chi connectivity index (χ0) is 28.6. The molecule has 0 spiro atoms. The van der Waals surface area contributed by atoms with Gasteiger partial charge in [0, 0.05) is 38.6 Å². The van der Waals surface area contributed by atoms with Crippen LogP contribution in [0.1, 0.15) is 23.1 Å². The molecule has 4 aromatic rings. The van der Waals surface area contributed by atoms with E-state index in [-0.39, 0.29) is 18.0 Å². The standard InChI is InChI=1S/C28H27F3N4O4S/c29-28(30,31)27(21-11-13-24(36)14-12-21)39-40(37,38)26-10-2-1-9-25(26)34-17-18-35(19-22-7-3-5-15-32-22)20-23-8-4-6-16-33-23/h1-16,27,34,36H,17-20H2. The van der Waals surface area contributed by atoms with Crippen LogP contribution in [0, 0.1) is 0 Å². The van der Waals surface area contributed by atoms with Crippen LogP contribution >= 0.6 is 0 Å². The van der Waals surface area contributed by atoms with E-state index < -0.39 is 32.9 Å². The average Bonchev–Trinajstić information content (AvgIpc) is 2.93. The van der Waals surface area contributed by atoms with Crippen LogP contribution in [0.25, 0.3) is 0 Å². The largest absolute Gasteiger partial charge is 0.508 e. The van der Waals surface area contributed by atoms with Gasteiger partial charge < -0.3 is 10.4 Å². The minimum atomic E-state index is -5.02. The zero-order valence-corrected chi connectivity index (χ0v) is 22.0. The summed E-state index contributed by atoms with van der Waals surface area (Å²) in [6.45, 7) is 1.72. The lowest BCUT2D eigenvalue weighted by Gasteiger charge is -2.23. The maximum absolute atomic E-state index is 13.8. The molecule has 8 nitrogen and oxygen atoms in total. The number of nitrogens with zero attached hydrogens (tertiary/aromatic N) is 3. The summed E-state index contributed by atoms with van der Waals surface area (Å²) in [4.78, 5) is 10.4. The Kier molecular flexibility index (Phi) is 9.35. The van der Waals surface area contributed by atoms with E-state index in [1.54, 1.807) is 18.5 Å². The number of para-hydroxylation sites is 1. The van der Waals surface area contributed by atoms with Gasteiger partial charge in [-0.2, -0.15) is 21.6 Å². The number of hydrogen-bond acceptors (Lipinski definition) is 8. The van der Waals surface area contributed by atoms with E-state index in [2.05, 4.69) is 20.2 Å². The summed E-state index contributed by atoms with van der Waals surface area (Å²) in [5.74, 6) is -0.262. The van der Waals surface area contributed by atoms with E-state index in [0.29, 0.717) is 19.6 Å². The quantitative estimate of drug-likeness (QED) is 0.220. The van der Waals surface area contributed by atoms with Crippen LogP contribution in [-0.2, 0) is 27.4 Å². The van der Waals surface area contributed by atoms with Crippen LogP contribution in [0.5, 0.6) is 5.75 Å². The number of alkyl halides is 3. The molecule has 2 heterocycles. The molecular formula is C28H27F3N4O4S. The summed E-state index contributed by atoms with van der Waals surface area (Å²) >= 11 is 0. The molecular weight excluding hydrogens is 545 g/mol. The van der Waals surface area contributed by atoms with Gasteiger partial charge in [-0.05, 0) is 54.1 Å². The molecule has 0 aliphatic carbocycles. The van der Waals surface area contributed by atoms with Crippen molar-refractivity contribution in [3.63, 3.8) is 0 Å². The fraction of sp³-hybridized carbons (Fsp3) is 0.214. The molecule has 210 valence electrons. The molecule has 12 heteroatoms. The molecule has 0 radical (unpaired) electrons. The van der Waals surface area contributed by atoms with Gasteiger partial charge >= 0.3 is 6.18 Å². The number of nitrogens with one attached hydrogen (secondary N) is 1. The highest BCUT2D eigenvalue weighted by molar-refractivity contribution is 7.87. The Hall–Kier alpha value is -4.00. The van der Waals surface area contributed by atoms with Crippen molar-refractivity contribution in [3.8, 4) is 5.75 Å². The van der Waals surface area contributed by atoms with Crippen LogP contribution in [0.3, 0.4) is 0 Å². The minimum absolute atomic E-state index is 0.102. The first kappa shape index (κ1) is 29.0. The molecule has 0 saturated heterocycles. The average molecular weight is 573 g/mol. The van der Waals surface area contributed by atoms with E-state index in [4.69, 9.17) is 4.18 Å². The molecule has 0 fully saturated rings. The van der Waals surface area contributed by atoms with Crippen molar-refractivity contribution in [2.75, 3.05) is 18.4 Å². The number of benzene rings is 2. The van der Waals surface area contributed by atoms with Crippen LogP contribution in [0.4, 0.5) is 18.9 Å². The Morgan fingerprint density at radius 1 is 0.850 bits per heavy atom. The number of anilines is 1. The number of phenols is 1. The number of aromatic hydroxyl groups is 1. The first-order valence-electron chi connectivity index (χ1n) is 12.3. The van der Waals surface area contributed by atoms with Gasteiger partial charge in [0.05, 0.1) is 17.1 Å². The van der Waals surface area contributed by atoms with E-state index in [9.17, 15) is 26.7 Å². The Labute approximate surface area is 230 Å². The molecule has 0 saturated carbocycles. The van der Waals surface area contributed by atoms with Crippen LogP contribution in [-0.4, -0.2) is 47.7 Å². The number of halogens is 3. The van der Waals surface area contributed by atoms with Crippen LogP contribution in [0.15, 0.2) is 102 Å². The lowest BCUT2D eigenvalue weighted by atomic mass is 10.1. The summed E-state index contributed by atoms with van der Waals surface area (Å²) in [7, 11) is -4.86. The topological polar surface area (TPSA) is 105 Å². The predicted octanol–water partition coefficient (Wildman–Crippen LogP) is 5.31. The Balaban J connectivity index is 1.50. The van der Waals surface area contributed by atoms with Gasteiger partial charge in [0.2, 0.25) is 0 Å². The first-order chi connectivity index (χ1) is 19.1. The molecule has 40 heavy (non-hydrogen) atoms. The molecule has 0 aliphatic rings. The number of pyridine rings is 2. The third-order valence-corrected chi connectivity index (χ3v) is 7.18. The van der Waals surface area contributed by atoms with Crippen molar-refractivity contribution in [1.29, 1.82) is 0 Å². The molecule has 0 aliphatic heterocycles. The van der Waals surface area contributed by atoms with Crippen molar-refractivity contribution >= 4 is 15.8 Å². The minimum Gasteiger partial charge on any atom is -0.508 e. The van der Waals surface area contributed by atoms with Crippen LogP contribution < -0.4 is 5.32 Å². The normalized spacial score (nSPS) is 12.8. The Morgan fingerprint density at radius 3 is 1.98 bits per heavy atom. The maximum atomic E-state index is 13.8. The summed E-state index contributed by atoms with van der Waals surface area (Å²) in [6, 6.07) is 20.8. The number of aromatic nitrogens is 2. The first-order valence-corrected chi connectivity index (χ1v) is 13.7. The summed E-state index contributed by atoms with van der Waals surface area (Å²) in [5, 5.41) is 12.4. The van der Waals surface area contributed by atoms with Gasteiger partial charge in [-0.25, -0.2) is 4.18 Å². The number of phenolic OH excluding ortho intramolecular Hbond substituents is 1. The SMILES string of the molecule is O=S(=O)(OC(c1ccc(O)cc1)C(F)(F)F)c1ccccc1NCCN(Cc1ccccn1)Cc1ccccn1. The van der Waals surface area contributed by atoms with E-state index >= 15 is 0 Å². The van der Waals surface area contributed by atoms with Crippen LogP contribution in [0.2, 0.25) is 0 Å².